The van der Waals surface area contributed by atoms with Crippen molar-refractivity contribution in [3.05, 3.63) is 29.6 Å². The molecule has 5 nitrogen and oxygen atoms in total. The van der Waals surface area contributed by atoms with Gasteiger partial charge >= 0.3 is 5.97 Å². The van der Waals surface area contributed by atoms with Gasteiger partial charge in [0, 0.05) is 5.69 Å². The van der Waals surface area contributed by atoms with Gasteiger partial charge < -0.3 is 10.4 Å². The van der Waals surface area contributed by atoms with Crippen molar-refractivity contribution in [2.75, 3.05) is 0 Å². The summed E-state index contributed by atoms with van der Waals surface area (Å²) in [5, 5.41) is 11.2. The molecule has 0 radical (unpaired) electrons. The molecule has 5 heteroatoms. The summed E-state index contributed by atoms with van der Waals surface area (Å²) in [7, 11) is 0. The highest BCUT2D eigenvalue weighted by molar-refractivity contribution is 5.94. The predicted octanol–water partition coefficient (Wildman–Crippen LogP) is 0.983. The molecule has 0 saturated carbocycles. The number of aromatic nitrogens is 1. The summed E-state index contributed by atoms with van der Waals surface area (Å²) in [5.41, 5.74) is 0.954. The van der Waals surface area contributed by atoms with Gasteiger partial charge in [-0.2, -0.15) is 0 Å². The minimum atomic E-state index is -1.04. The van der Waals surface area contributed by atoms with E-state index in [-0.39, 0.29) is 5.69 Å². The fourth-order valence-corrected chi connectivity index (χ4v) is 1.24. The Labute approximate surface area is 93.5 Å². The van der Waals surface area contributed by atoms with Crippen LogP contribution in [0, 0.1) is 6.92 Å². The molecule has 1 aromatic rings. The number of rotatable bonds is 4. The van der Waals surface area contributed by atoms with Crippen LogP contribution >= 0.6 is 0 Å². The highest BCUT2D eigenvalue weighted by Gasteiger charge is 2.18. The fourth-order valence-electron chi connectivity index (χ4n) is 1.24. The van der Waals surface area contributed by atoms with Crippen LogP contribution in [0.25, 0.3) is 0 Å². The minimum absolute atomic E-state index is 0.236. The summed E-state index contributed by atoms with van der Waals surface area (Å²) >= 11 is 0. The van der Waals surface area contributed by atoms with Gasteiger partial charge in [-0.3, -0.25) is 4.79 Å². The number of carbonyl (C=O) groups is 2. The third-order valence-corrected chi connectivity index (χ3v) is 2.13. The maximum absolute atomic E-state index is 11.6. The van der Waals surface area contributed by atoms with Gasteiger partial charge in [-0.1, -0.05) is 13.0 Å². The van der Waals surface area contributed by atoms with Gasteiger partial charge in [-0.25, -0.2) is 9.78 Å². The largest absolute Gasteiger partial charge is 0.480 e. The van der Waals surface area contributed by atoms with E-state index < -0.39 is 17.9 Å². The van der Waals surface area contributed by atoms with Crippen LogP contribution in [0.3, 0.4) is 0 Å². The van der Waals surface area contributed by atoms with Crippen LogP contribution in [0.4, 0.5) is 0 Å². The minimum Gasteiger partial charge on any atom is -0.480 e. The van der Waals surface area contributed by atoms with Crippen molar-refractivity contribution in [2.45, 2.75) is 26.3 Å². The molecule has 0 unspecified atom stereocenters. The van der Waals surface area contributed by atoms with Crippen LogP contribution in [-0.2, 0) is 4.79 Å². The summed E-state index contributed by atoms with van der Waals surface area (Å²) in [6.07, 6.45) is 0.340. The number of nitrogens with zero attached hydrogens (tertiary/aromatic N) is 1. The smallest absolute Gasteiger partial charge is 0.326 e. The number of aliphatic carboxylic acids is 1. The van der Waals surface area contributed by atoms with Crippen molar-refractivity contribution in [3.8, 4) is 0 Å². The van der Waals surface area contributed by atoms with Crippen LogP contribution < -0.4 is 5.32 Å². The number of hydrogen-bond acceptors (Lipinski definition) is 3. The van der Waals surface area contributed by atoms with Crippen molar-refractivity contribution < 1.29 is 14.7 Å². The summed E-state index contributed by atoms with van der Waals surface area (Å²) in [4.78, 5) is 26.4. The summed E-state index contributed by atoms with van der Waals surface area (Å²) < 4.78 is 0. The maximum atomic E-state index is 11.6. The standard InChI is InChI=1S/C11H14N2O3/c1-3-8(11(15)16)13-10(14)9-6-4-5-7(2)12-9/h4-6,8H,3H2,1-2H3,(H,13,14)(H,15,16)/t8-/m0/s1. The lowest BCUT2D eigenvalue weighted by atomic mass is 10.2. The number of carbonyl (C=O) groups excluding carboxylic acids is 1. The third-order valence-electron chi connectivity index (χ3n) is 2.13. The van der Waals surface area contributed by atoms with Gasteiger partial charge in [0.1, 0.15) is 11.7 Å². The first-order valence-corrected chi connectivity index (χ1v) is 5.02. The lowest BCUT2D eigenvalue weighted by Gasteiger charge is -2.11. The average Bonchev–Trinajstić information content (AvgIpc) is 2.25. The molecule has 0 fully saturated rings. The molecule has 2 N–H and O–H groups in total. The zero-order valence-electron chi connectivity index (χ0n) is 9.23. The highest BCUT2D eigenvalue weighted by atomic mass is 16.4. The quantitative estimate of drug-likeness (QED) is 0.796. The van der Waals surface area contributed by atoms with Crippen molar-refractivity contribution in [1.29, 1.82) is 0 Å². The Morgan fingerprint density at radius 1 is 1.50 bits per heavy atom. The van der Waals surface area contributed by atoms with E-state index in [1.807, 2.05) is 0 Å². The van der Waals surface area contributed by atoms with Crippen molar-refractivity contribution >= 4 is 11.9 Å². The van der Waals surface area contributed by atoms with E-state index in [0.29, 0.717) is 6.42 Å². The van der Waals surface area contributed by atoms with Crippen LogP contribution in [0.15, 0.2) is 18.2 Å². The normalized spacial score (nSPS) is 11.9. The fraction of sp³-hybridized carbons (Fsp3) is 0.364. The predicted molar refractivity (Wildman–Crippen MR) is 58.2 cm³/mol. The zero-order chi connectivity index (χ0) is 12.1. The van der Waals surface area contributed by atoms with Gasteiger partial charge in [0.25, 0.3) is 5.91 Å². The van der Waals surface area contributed by atoms with E-state index in [0.717, 1.165) is 5.69 Å². The molecule has 1 rings (SSSR count). The highest BCUT2D eigenvalue weighted by Crippen LogP contribution is 2.00. The lowest BCUT2D eigenvalue weighted by molar-refractivity contribution is -0.139. The zero-order valence-corrected chi connectivity index (χ0v) is 9.23. The number of amides is 1. The Morgan fingerprint density at radius 3 is 2.69 bits per heavy atom. The molecule has 16 heavy (non-hydrogen) atoms. The van der Waals surface area contributed by atoms with Crippen LogP contribution in [0.1, 0.15) is 29.5 Å². The number of nitrogens with one attached hydrogen (secondary N) is 1. The number of aryl methyl sites for hydroxylation is 1. The van der Waals surface area contributed by atoms with E-state index in [1.54, 1.807) is 32.0 Å². The number of pyridine rings is 1. The molecule has 0 spiro atoms. The number of carboxylic acids is 1. The first-order chi connectivity index (χ1) is 7.54. The van der Waals surface area contributed by atoms with Gasteiger partial charge in [-0.05, 0) is 25.5 Å². The molecule has 1 aromatic heterocycles. The van der Waals surface area contributed by atoms with Gasteiger partial charge in [0.05, 0.1) is 0 Å². The monoisotopic (exact) mass is 222 g/mol. The lowest BCUT2D eigenvalue weighted by Crippen LogP contribution is -2.40. The summed E-state index contributed by atoms with van der Waals surface area (Å²) in [6.45, 7) is 3.47. The molecule has 0 aliphatic rings. The Kier molecular flexibility index (Phi) is 3.99. The molecular formula is C11H14N2O3. The molecule has 86 valence electrons. The molecule has 0 saturated heterocycles. The Hall–Kier alpha value is -1.91. The van der Waals surface area contributed by atoms with Gasteiger partial charge in [0.15, 0.2) is 0 Å². The van der Waals surface area contributed by atoms with Crippen molar-refractivity contribution in [1.82, 2.24) is 10.3 Å². The Balaban J connectivity index is 2.75. The summed E-state index contributed by atoms with van der Waals surface area (Å²) in [6, 6.07) is 4.16. The Bertz CT molecular complexity index is 404. The molecule has 1 atom stereocenters. The number of hydrogen-bond donors (Lipinski definition) is 2. The molecule has 0 aromatic carbocycles. The second-order valence-corrected chi connectivity index (χ2v) is 3.44. The number of carboxylic acid groups (broad SMARTS) is 1. The molecule has 1 heterocycles. The third kappa shape index (κ3) is 3.05. The first kappa shape index (κ1) is 12.2. The molecule has 0 aliphatic heterocycles. The average molecular weight is 222 g/mol. The topological polar surface area (TPSA) is 79.3 Å². The Morgan fingerprint density at radius 2 is 2.19 bits per heavy atom. The van der Waals surface area contributed by atoms with Crippen molar-refractivity contribution in [2.24, 2.45) is 0 Å². The van der Waals surface area contributed by atoms with E-state index in [4.69, 9.17) is 5.11 Å². The van der Waals surface area contributed by atoms with Crippen molar-refractivity contribution in [3.63, 3.8) is 0 Å². The molecular weight excluding hydrogens is 208 g/mol. The second-order valence-electron chi connectivity index (χ2n) is 3.44. The SMILES string of the molecule is CC[C@H](NC(=O)c1cccc(C)n1)C(=O)O. The van der Waals surface area contributed by atoms with E-state index in [1.165, 1.54) is 0 Å². The molecule has 0 aliphatic carbocycles. The van der Waals surface area contributed by atoms with Crippen LogP contribution in [0.5, 0.6) is 0 Å². The van der Waals surface area contributed by atoms with Crippen LogP contribution in [-0.4, -0.2) is 28.0 Å². The van der Waals surface area contributed by atoms with E-state index in [9.17, 15) is 9.59 Å². The van der Waals surface area contributed by atoms with E-state index in [2.05, 4.69) is 10.3 Å². The maximum Gasteiger partial charge on any atom is 0.326 e. The molecule has 0 bridgehead atoms. The summed E-state index contributed by atoms with van der Waals surface area (Å²) in [5.74, 6) is -1.50. The first-order valence-electron chi connectivity index (χ1n) is 5.02. The second kappa shape index (κ2) is 5.25. The van der Waals surface area contributed by atoms with Gasteiger partial charge in [-0.15, -0.1) is 0 Å². The molecule has 1 amide bonds. The van der Waals surface area contributed by atoms with Crippen LogP contribution in [0.2, 0.25) is 0 Å². The van der Waals surface area contributed by atoms with E-state index >= 15 is 0 Å². The van der Waals surface area contributed by atoms with Gasteiger partial charge in [0.2, 0.25) is 0 Å².